The largest absolute Gasteiger partial charge is 0.375 e. The number of amides is 1. The second kappa shape index (κ2) is 11.2. The quantitative estimate of drug-likeness (QED) is 0.594. The maximum atomic E-state index is 12.5. The summed E-state index contributed by atoms with van der Waals surface area (Å²) in [4.78, 5) is 26.7. The van der Waals surface area contributed by atoms with Gasteiger partial charge in [0.1, 0.15) is 6.61 Å². The van der Waals surface area contributed by atoms with Crippen LogP contribution in [0.2, 0.25) is 0 Å². The van der Waals surface area contributed by atoms with E-state index in [9.17, 15) is 9.59 Å². The molecule has 31 heavy (non-hydrogen) atoms. The monoisotopic (exact) mass is 422 g/mol. The van der Waals surface area contributed by atoms with Crippen LogP contribution in [-0.2, 0) is 9.53 Å². The van der Waals surface area contributed by atoms with Gasteiger partial charge in [-0.3, -0.25) is 9.59 Å². The fourth-order valence-electron chi connectivity index (χ4n) is 4.21. The fourth-order valence-corrected chi connectivity index (χ4v) is 4.21. The second-order valence-corrected chi connectivity index (χ2v) is 8.55. The number of benzene rings is 2. The predicted molar refractivity (Wildman–Crippen MR) is 125 cm³/mol. The van der Waals surface area contributed by atoms with E-state index in [2.05, 4.69) is 36.2 Å². The molecular weight excluding hydrogens is 388 g/mol. The lowest BCUT2D eigenvalue weighted by Crippen LogP contribution is -2.33. The number of rotatable bonds is 9. The summed E-state index contributed by atoms with van der Waals surface area (Å²) in [5, 5.41) is 2.88. The van der Waals surface area contributed by atoms with Crippen molar-refractivity contribution in [2.45, 2.75) is 45.4 Å². The molecule has 3 rings (SSSR count). The highest BCUT2D eigenvalue weighted by Gasteiger charge is 2.21. The molecule has 1 amide bonds. The van der Waals surface area contributed by atoms with Gasteiger partial charge in [-0.05, 0) is 93.6 Å². The number of likely N-dealkylation sites (tertiary alicyclic amines) is 1. The second-order valence-electron chi connectivity index (χ2n) is 8.55. The molecule has 5 heteroatoms. The first-order valence-corrected chi connectivity index (χ1v) is 11.2. The Balaban J connectivity index is 1.43. The molecule has 0 aromatic heterocycles. The van der Waals surface area contributed by atoms with Crippen molar-refractivity contribution in [1.29, 1.82) is 0 Å². The first-order valence-electron chi connectivity index (χ1n) is 11.2. The van der Waals surface area contributed by atoms with Gasteiger partial charge in [0.15, 0.2) is 5.78 Å². The lowest BCUT2D eigenvalue weighted by atomic mass is 9.89. The van der Waals surface area contributed by atoms with Gasteiger partial charge in [0, 0.05) is 24.8 Å². The van der Waals surface area contributed by atoms with Crippen LogP contribution in [0.5, 0.6) is 0 Å². The van der Waals surface area contributed by atoms with Crippen LogP contribution < -0.4 is 5.32 Å². The third-order valence-corrected chi connectivity index (χ3v) is 6.21. The molecule has 0 radical (unpaired) electrons. The summed E-state index contributed by atoms with van der Waals surface area (Å²) in [5.41, 5.74) is 5.34. The Morgan fingerprint density at radius 1 is 1.06 bits per heavy atom. The van der Waals surface area contributed by atoms with Crippen LogP contribution in [0.15, 0.2) is 42.5 Å². The topological polar surface area (TPSA) is 58.6 Å². The normalized spacial score (nSPS) is 15.1. The van der Waals surface area contributed by atoms with Crippen LogP contribution in [0.1, 0.15) is 58.6 Å². The van der Waals surface area contributed by atoms with Crippen molar-refractivity contribution in [3.8, 4) is 0 Å². The minimum Gasteiger partial charge on any atom is -0.375 e. The molecule has 0 unspecified atom stereocenters. The third kappa shape index (κ3) is 6.74. The minimum atomic E-state index is -0.134. The van der Waals surface area contributed by atoms with Gasteiger partial charge < -0.3 is 15.0 Å². The molecule has 2 aromatic rings. The molecule has 0 bridgehead atoms. The van der Waals surface area contributed by atoms with Crippen LogP contribution in [0.25, 0.3) is 0 Å². The molecule has 0 atom stereocenters. The Kier molecular flexibility index (Phi) is 8.38. The van der Waals surface area contributed by atoms with Gasteiger partial charge >= 0.3 is 0 Å². The highest BCUT2D eigenvalue weighted by atomic mass is 16.5. The summed E-state index contributed by atoms with van der Waals surface area (Å²) in [6.45, 7) is 7.25. The number of Topliss-reactive ketones (excluding diaryl/α,β-unsaturated/α-hetero) is 1. The maximum Gasteiger partial charge on any atom is 0.250 e. The van der Waals surface area contributed by atoms with Crippen molar-refractivity contribution in [2.24, 2.45) is 0 Å². The van der Waals surface area contributed by atoms with E-state index in [0.29, 0.717) is 12.3 Å². The zero-order chi connectivity index (χ0) is 22.2. The van der Waals surface area contributed by atoms with Gasteiger partial charge in [-0.2, -0.15) is 0 Å². The molecule has 1 aliphatic heterocycles. The number of carbonyl (C=O) groups is 2. The predicted octanol–water partition coefficient (Wildman–Crippen LogP) is 4.73. The first kappa shape index (κ1) is 23.2. The number of carbonyl (C=O) groups excluding carboxylic acids is 2. The number of ether oxygens (including phenoxy) is 1. The molecule has 1 aliphatic rings. The van der Waals surface area contributed by atoms with E-state index in [1.807, 2.05) is 30.3 Å². The molecule has 1 fully saturated rings. The number of nitrogens with one attached hydrogen (secondary N) is 1. The van der Waals surface area contributed by atoms with Gasteiger partial charge in [-0.25, -0.2) is 0 Å². The maximum absolute atomic E-state index is 12.5. The minimum absolute atomic E-state index is 0.0641. The number of methoxy groups -OCH3 is 1. The lowest BCUT2D eigenvalue weighted by Gasteiger charge is -2.32. The lowest BCUT2D eigenvalue weighted by molar-refractivity contribution is -0.119. The van der Waals surface area contributed by atoms with Crippen molar-refractivity contribution in [3.05, 3.63) is 64.7 Å². The summed E-state index contributed by atoms with van der Waals surface area (Å²) >= 11 is 0. The Bertz CT molecular complexity index is 901. The summed E-state index contributed by atoms with van der Waals surface area (Å²) in [6, 6.07) is 14.1. The number of anilines is 1. The van der Waals surface area contributed by atoms with Crippen LogP contribution in [0.3, 0.4) is 0 Å². The SMILES string of the molecule is COCC(=O)Nc1cccc(C2CCN(CCCC(=O)c3ccc(C)c(C)c3)CC2)c1. The third-order valence-electron chi connectivity index (χ3n) is 6.21. The van der Waals surface area contributed by atoms with Gasteiger partial charge in [0.05, 0.1) is 0 Å². The number of hydrogen-bond donors (Lipinski definition) is 1. The van der Waals surface area contributed by atoms with E-state index in [-0.39, 0.29) is 18.3 Å². The smallest absolute Gasteiger partial charge is 0.250 e. The van der Waals surface area contributed by atoms with Crippen LogP contribution in [-0.4, -0.2) is 49.9 Å². The standard InChI is InChI=1S/C26H34N2O3/c1-19-9-10-23(16-20(19)2)25(29)8-5-13-28-14-11-21(12-15-28)22-6-4-7-24(17-22)27-26(30)18-31-3/h4,6-7,9-10,16-17,21H,5,8,11-15,18H2,1-3H3,(H,27,30). The molecule has 1 N–H and O–H groups in total. The number of aryl methyl sites for hydroxylation is 2. The van der Waals surface area contributed by atoms with Crippen molar-refractivity contribution < 1.29 is 14.3 Å². The van der Waals surface area contributed by atoms with Gasteiger partial charge in [0.2, 0.25) is 5.91 Å². The average Bonchev–Trinajstić information content (AvgIpc) is 2.76. The van der Waals surface area contributed by atoms with Gasteiger partial charge in [-0.1, -0.05) is 24.3 Å². The van der Waals surface area contributed by atoms with Crippen LogP contribution in [0.4, 0.5) is 5.69 Å². The zero-order valence-corrected chi connectivity index (χ0v) is 18.9. The first-order chi connectivity index (χ1) is 15.0. The molecule has 0 aliphatic carbocycles. The van der Waals surface area contributed by atoms with Gasteiger partial charge in [-0.15, -0.1) is 0 Å². The number of hydrogen-bond acceptors (Lipinski definition) is 4. The van der Waals surface area contributed by atoms with E-state index in [1.54, 1.807) is 0 Å². The van der Waals surface area contributed by atoms with E-state index in [4.69, 9.17) is 4.74 Å². The summed E-state index contributed by atoms with van der Waals surface area (Å²) in [7, 11) is 1.52. The molecule has 1 heterocycles. The highest BCUT2D eigenvalue weighted by molar-refractivity contribution is 5.96. The summed E-state index contributed by atoms with van der Waals surface area (Å²) in [6.07, 6.45) is 3.70. The van der Waals surface area contributed by atoms with E-state index in [0.717, 1.165) is 50.1 Å². The van der Waals surface area contributed by atoms with E-state index < -0.39 is 0 Å². The Hall–Kier alpha value is -2.50. The van der Waals surface area contributed by atoms with E-state index in [1.165, 1.54) is 23.8 Å². The number of piperidine rings is 1. The molecule has 1 saturated heterocycles. The van der Waals surface area contributed by atoms with Crippen molar-refractivity contribution in [2.75, 3.05) is 38.7 Å². The Labute approximate surface area is 185 Å². The van der Waals surface area contributed by atoms with E-state index >= 15 is 0 Å². The van der Waals surface area contributed by atoms with Gasteiger partial charge in [0.25, 0.3) is 0 Å². The molecule has 2 aromatic carbocycles. The number of ketones is 1. The average molecular weight is 423 g/mol. The van der Waals surface area contributed by atoms with Crippen LogP contribution in [0, 0.1) is 13.8 Å². The summed E-state index contributed by atoms with van der Waals surface area (Å²) < 4.78 is 4.88. The molecule has 0 saturated carbocycles. The zero-order valence-electron chi connectivity index (χ0n) is 18.9. The van der Waals surface area contributed by atoms with Crippen molar-refractivity contribution in [3.63, 3.8) is 0 Å². The number of nitrogens with zero attached hydrogens (tertiary/aromatic N) is 1. The Morgan fingerprint density at radius 2 is 1.84 bits per heavy atom. The molecule has 5 nitrogen and oxygen atoms in total. The molecule has 0 spiro atoms. The van der Waals surface area contributed by atoms with Crippen molar-refractivity contribution >= 4 is 17.4 Å². The summed E-state index contributed by atoms with van der Waals surface area (Å²) in [5.74, 6) is 0.614. The molecule has 166 valence electrons. The fraction of sp³-hybridized carbons (Fsp3) is 0.462. The van der Waals surface area contributed by atoms with Crippen molar-refractivity contribution in [1.82, 2.24) is 4.90 Å². The molecular formula is C26H34N2O3. The van der Waals surface area contributed by atoms with Crippen LogP contribution >= 0.6 is 0 Å². The Morgan fingerprint density at radius 3 is 2.55 bits per heavy atom. The highest BCUT2D eigenvalue weighted by Crippen LogP contribution is 2.29.